The van der Waals surface area contributed by atoms with Crippen molar-refractivity contribution in [1.29, 1.82) is 0 Å². The molecule has 1 N–H and O–H groups in total. The number of hydrogen-bond donors (Lipinski definition) is 1. The van der Waals surface area contributed by atoms with Crippen LogP contribution in [-0.2, 0) is 26.0 Å². The SMILES string of the molecule is CC[C@@H](C(=O)NC1CCCC1)N(CCc1ccccc1)C(=O)CN(c1ccc(F)cc1)S(C)(=O)=O. The van der Waals surface area contributed by atoms with Crippen LogP contribution in [0.5, 0.6) is 0 Å². The molecule has 35 heavy (non-hydrogen) atoms. The summed E-state index contributed by atoms with van der Waals surface area (Å²) in [5.74, 6) is -1.20. The number of benzene rings is 2. The van der Waals surface area contributed by atoms with Crippen LogP contribution in [0, 0.1) is 5.82 Å². The van der Waals surface area contributed by atoms with Crippen molar-refractivity contribution in [2.75, 3.05) is 23.7 Å². The van der Waals surface area contributed by atoms with Crippen molar-refractivity contribution in [3.05, 3.63) is 66.0 Å². The van der Waals surface area contributed by atoms with Gasteiger partial charge in [-0.15, -0.1) is 0 Å². The second-order valence-electron chi connectivity index (χ2n) is 8.98. The van der Waals surface area contributed by atoms with Crippen LogP contribution in [0.25, 0.3) is 0 Å². The number of nitrogens with one attached hydrogen (secondary N) is 1. The number of amides is 2. The zero-order valence-corrected chi connectivity index (χ0v) is 21.1. The van der Waals surface area contributed by atoms with E-state index in [-0.39, 0.29) is 24.2 Å². The lowest BCUT2D eigenvalue weighted by atomic mass is 10.1. The minimum absolute atomic E-state index is 0.106. The summed E-state index contributed by atoms with van der Waals surface area (Å²) >= 11 is 0. The summed E-state index contributed by atoms with van der Waals surface area (Å²) in [4.78, 5) is 28.3. The van der Waals surface area contributed by atoms with Crippen LogP contribution in [0.2, 0.25) is 0 Å². The molecule has 0 heterocycles. The third kappa shape index (κ3) is 7.52. The van der Waals surface area contributed by atoms with Gasteiger partial charge in [0, 0.05) is 12.6 Å². The molecular weight excluding hydrogens is 469 g/mol. The standard InChI is InChI=1S/C26H34FN3O4S/c1-3-24(26(32)28-22-11-7-8-12-22)29(18-17-20-9-5-4-6-10-20)25(31)19-30(35(2,33)34)23-15-13-21(27)14-16-23/h4-6,9-10,13-16,22,24H,3,7-8,11-12,17-19H2,1-2H3,(H,28,32)/t24-/m0/s1. The van der Waals surface area contributed by atoms with Gasteiger partial charge < -0.3 is 10.2 Å². The van der Waals surface area contributed by atoms with Crippen LogP contribution >= 0.6 is 0 Å². The van der Waals surface area contributed by atoms with Gasteiger partial charge in [0.25, 0.3) is 0 Å². The van der Waals surface area contributed by atoms with Gasteiger partial charge in [0.2, 0.25) is 21.8 Å². The number of nitrogens with zero attached hydrogens (tertiary/aromatic N) is 2. The molecule has 2 aromatic rings. The van der Waals surface area contributed by atoms with Gasteiger partial charge in [-0.3, -0.25) is 13.9 Å². The van der Waals surface area contributed by atoms with E-state index in [4.69, 9.17) is 0 Å². The molecule has 1 fully saturated rings. The number of hydrogen-bond acceptors (Lipinski definition) is 4. The normalized spacial score (nSPS) is 14.9. The first-order valence-electron chi connectivity index (χ1n) is 12.1. The summed E-state index contributed by atoms with van der Waals surface area (Å²) in [6, 6.07) is 13.9. The maximum atomic E-state index is 13.6. The molecule has 0 spiro atoms. The van der Waals surface area contributed by atoms with E-state index >= 15 is 0 Å². The van der Waals surface area contributed by atoms with Crippen molar-refractivity contribution in [3.63, 3.8) is 0 Å². The Morgan fingerprint density at radius 2 is 1.69 bits per heavy atom. The average molecular weight is 504 g/mol. The molecule has 0 aliphatic heterocycles. The van der Waals surface area contributed by atoms with Crippen molar-refractivity contribution >= 4 is 27.5 Å². The lowest BCUT2D eigenvalue weighted by Crippen LogP contribution is -2.54. The Morgan fingerprint density at radius 1 is 1.06 bits per heavy atom. The maximum absolute atomic E-state index is 13.6. The number of halogens is 1. The summed E-state index contributed by atoms with van der Waals surface area (Å²) < 4.78 is 39.4. The highest BCUT2D eigenvalue weighted by Crippen LogP contribution is 2.21. The van der Waals surface area contributed by atoms with Crippen LogP contribution in [0.1, 0.15) is 44.6 Å². The molecule has 0 aromatic heterocycles. The Bertz CT molecular complexity index is 1090. The summed E-state index contributed by atoms with van der Waals surface area (Å²) in [7, 11) is -3.83. The summed E-state index contributed by atoms with van der Waals surface area (Å²) in [5, 5.41) is 3.08. The molecule has 0 unspecified atom stereocenters. The number of carbonyl (C=O) groups is 2. The molecule has 2 amide bonds. The van der Waals surface area contributed by atoms with Gasteiger partial charge in [-0.05, 0) is 55.5 Å². The highest BCUT2D eigenvalue weighted by atomic mass is 32.2. The quantitative estimate of drug-likeness (QED) is 0.509. The average Bonchev–Trinajstić information content (AvgIpc) is 3.33. The molecule has 1 aliphatic carbocycles. The van der Waals surface area contributed by atoms with Crippen LogP contribution in [0.4, 0.5) is 10.1 Å². The van der Waals surface area contributed by atoms with E-state index in [2.05, 4.69) is 5.32 Å². The second-order valence-corrected chi connectivity index (χ2v) is 10.9. The van der Waals surface area contributed by atoms with Crippen molar-refractivity contribution in [3.8, 4) is 0 Å². The fraction of sp³-hybridized carbons (Fsp3) is 0.462. The largest absolute Gasteiger partial charge is 0.352 e. The number of rotatable bonds is 11. The van der Waals surface area contributed by atoms with Crippen LogP contribution in [-0.4, -0.2) is 56.6 Å². The fourth-order valence-electron chi connectivity index (χ4n) is 4.48. The Balaban J connectivity index is 1.85. The van der Waals surface area contributed by atoms with Gasteiger partial charge in [0.05, 0.1) is 11.9 Å². The first-order valence-corrected chi connectivity index (χ1v) is 13.9. The number of carbonyl (C=O) groups excluding carboxylic acids is 2. The van der Waals surface area contributed by atoms with Crippen molar-refractivity contribution in [1.82, 2.24) is 10.2 Å². The Hall–Kier alpha value is -2.94. The minimum atomic E-state index is -3.83. The first kappa shape index (κ1) is 26.7. The molecule has 190 valence electrons. The van der Waals surface area contributed by atoms with Crippen molar-refractivity contribution in [2.45, 2.75) is 57.5 Å². The minimum Gasteiger partial charge on any atom is -0.352 e. The van der Waals surface area contributed by atoms with Crippen LogP contribution in [0.15, 0.2) is 54.6 Å². The molecule has 2 aromatic carbocycles. The molecule has 3 rings (SSSR count). The third-order valence-electron chi connectivity index (χ3n) is 6.37. The lowest BCUT2D eigenvalue weighted by Gasteiger charge is -2.33. The molecule has 7 nitrogen and oxygen atoms in total. The fourth-order valence-corrected chi connectivity index (χ4v) is 5.33. The molecule has 1 saturated carbocycles. The molecule has 1 atom stereocenters. The van der Waals surface area contributed by atoms with E-state index in [9.17, 15) is 22.4 Å². The smallest absolute Gasteiger partial charge is 0.244 e. The van der Waals surface area contributed by atoms with Crippen molar-refractivity contribution < 1.29 is 22.4 Å². The van der Waals surface area contributed by atoms with E-state index in [1.807, 2.05) is 37.3 Å². The maximum Gasteiger partial charge on any atom is 0.244 e. The predicted molar refractivity (Wildman–Crippen MR) is 135 cm³/mol. The zero-order valence-electron chi connectivity index (χ0n) is 20.3. The molecule has 0 bridgehead atoms. The summed E-state index contributed by atoms with van der Waals surface area (Å²) in [5.41, 5.74) is 1.20. The predicted octanol–water partition coefficient (Wildman–Crippen LogP) is 3.50. The molecule has 1 aliphatic rings. The molecule has 9 heteroatoms. The highest BCUT2D eigenvalue weighted by molar-refractivity contribution is 7.92. The van der Waals surface area contributed by atoms with Gasteiger partial charge >= 0.3 is 0 Å². The number of anilines is 1. The summed E-state index contributed by atoms with van der Waals surface area (Å²) in [6.45, 7) is 1.63. The van der Waals surface area contributed by atoms with Gasteiger partial charge in [0.1, 0.15) is 18.4 Å². The monoisotopic (exact) mass is 503 g/mol. The van der Waals surface area contributed by atoms with Gasteiger partial charge in [-0.2, -0.15) is 0 Å². The zero-order chi connectivity index (χ0) is 25.4. The van der Waals surface area contributed by atoms with Crippen molar-refractivity contribution in [2.24, 2.45) is 0 Å². The van der Waals surface area contributed by atoms with Gasteiger partial charge in [-0.1, -0.05) is 50.1 Å². The van der Waals surface area contributed by atoms with E-state index in [0.717, 1.165) is 53.9 Å². The molecule has 0 saturated heterocycles. The Kier molecular flexibility index (Phi) is 9.26. The van der Waals surface area contributed by atoms with E-state index in [0.29, 0.717) is 12.8 Å². The molecular formula is C26H34FN3O4S. The van der Waals surface area contributed by atoms with Gasteiger partial charge in [0.15, 0.2) is 0 Å². The van der Waals surface area contributed by atoms with E-state index in [1.54, 1.807) is 0 Å². The Labute approximate surface area is 207 Å². The van der Waals surface area contributed by atoms with Crippen LogP contribution < -0.4 is 9.62 Å². The molecule has 0 radical (unpaired) electrons. The lowest BCUT2D eigenvalue weighted by molar-refractivity contribution is -0.139. The van der Waals surface area contributed by atoms with Crippen LogP contribution in [0.3, 0.4) is 0 Å². The highest BCUT2D eigenvalue weighted by Gasteiger charge is 2.32. The third-order valence-corrected chi connectivity index (χ3v) is 7.51. The number of sulfonamides is 1. The van der Waals surface area contributed by atoms with E-state index in [1.165, 1.54) is 17.0 Å². The topological polar surface area (TPSA) is 86.8 Å². The second kappa shape index (κ2) is 12.2. The first-order chi connectivity index (χ1) is 16.7. The summed E-state index contributed by atoms with van der Waals surface area (Å²) in [6.07, 6.45) is 5.91. The Morgan fingerprint density at radius 3 is 2.26 bits per heavy atom. The van der Waals surface area contributed by atoms with E-state index < -0.39 is 34.3 Å². The van der Waals surface area contributed by atoms with Gasteiger partial charge in [-0.25, -0.2) is 12.8 Å².